The zero-order valence-corrected chi connectivity index (χ0v) is 10.6. The lowest BCUT2D eigenvalue weighted by Gasteiger charge is -2.03. The molecule has 0 aliphatic heterocycles. The minimum atomic E-state index is 0.350. The topological polar surface area (TPSA) is 52.0 Å². The van der Waals surface area contributed by atoms with Crippen molar-refractivity contribution in [1.29, 1.82) is 0 Å². The maximum atomic E-state index is 5.92. The van der Waals surface area contributed by atoms with Crippen molar-refractivity contribution in [3.05, 3.63) is 60.2 Å². The van der Waals surface area contributed by atoms with Crippen molar-refractivity contribution in [2.45, 2.75) is 6.92 Å². The van der Waals surface area contributed by atoms with Crippen molar-refractivity contribution in [3.63, 3.8) is 0 Å². The van der Waals surface area contributed by atoms with Crippen molar-refractivity contribution >= 4 is 5.88 Å². The predicted molar refractivity (Wildman–Crippen MR) is 76.5 cm³/mol. The maximum absolute atomic E-state index is 5.92. The number of aryl methyl sites for hydroxylation is 1. The smallest absolute Gasteiger partial charge is 0.230 e. The Labute approximate surface area is 111 Å². The van der Waals surface area contributed by atoms with Gasteiger partial charge in [0.15, 0.2) is 0 Å². The summed E-state index contributed by atoms with van der Waals surface area (Å²) in [6.45, 7) is 2.05. The van der Waals surface area contributed by atoms with E-state index in [9.17, 15) is 0 Å². The quantitative estimate of drug-likeness (QED) is 0.750. The van der Waals surface area contributed by atoms with E-state index >= 15 is 0 Å². The van der Waals surface area contributed by atoms with Crippen molar-refractivity contribution in [3.8, 4) is 22.4 Å². The Hall–Kier alpha value is -2.55. The predicted octanol–water partition coefficient (Wildman–Crippen LogP) is 3.90. The van der Waals surface area contributed by atoms with Gasteiger partial charge in [-0.05, 0) is 18.6 Å². The SMILES string of the molecule is Cc1cccc(-c2noc(N)c2-c2ccccc2)c1. The Bertz CT molecular complexity index is 702. The molecule has 0 unspecified atom stereocenters. The van der Waals surface area contributed by atoms with Gasteiger partial charge in [-0.25, -0.2) is 0 Å². The first-order valence-corrected chi connectivity index (χ1v) is 6.13. The van der Waals surface area contributed by atoms with E-state index in [1.54, 1.807) is 0 Å². The van der Waals surface area contributed by atoms with Crippen LogP contribution < -0.4 is 5.73 Å². The lowest BCUT2D eigenvalue weighted by Crippen LogP contribution is -1.87. The number of rotatable bonds is 2. The molecule has 0 bridgehead atoms. The summed E-state index contributed by atoms with van der Waals surface area (Å²) in [5.41, 5.74) is 10.8. The van der Waals surface area contributed by atoms with E-state index in [-0.39, 0.29) is 0 Å². The van der Waals surface area contributed by atoms with Crippen LogP contribution in [-0.2, 0) is 0 Å². The van der Waals surface area contributed by atoms with Gasteiger partial charge in [0, 0.05) is 5.56 Å². The Morgan fingerprint density at radius 2 is 1.68 bits per heavy atom. The number of hydrogen-bond acceptors (Lipinski definition) is 3. The van der Waals surface area contributed by atoms with Crippen LogP contribution in [-0.4, -0.2) is 5.16 Å². The van der Waals surface area contributed by atoms with Gasteiger partial charge in [-0.1, -0.05) is 59.3 Å². The molecule has 0 saturated heterocycles. The van der Waals surface area contributed by atoms with Crippen molar-refractivity contribution in [2.24, 2.45) is 0 Å². The first-order chi connectivity index (χ1) is 9.25. The van der Waals surface area contributed by atoms with E-state index in [1.165, 1.54) is 5.56 Å². The fraction of sp³-hybridized carbons (Fsp3) is 0.0625. The molecule has 0 saturated carbocycles. The van der Waals surface area contributed by atoms with Crippen molar-refractivity contribution in [1.82, 2.24) is 5.16 Å². The number of nitrogen functional groups attached to an aromatic ring is 1. The molecule has 1 aromatic heterocycles. The average Bonchev–Trinajstić information content (AvgIpc) is 2.82. The number of anilines is 1. The second-order valence-corrected chi connectivity index (χ2v) is 4.51. The summed E-state index contributed by atoms with van der Waals surface area (Å²) in [5, 5.41) is 4.10. The molecule has 0 aliphatic carbocycles. The number of hydrogen-bond donors (Lipinski definition) is 1. The van der Waals surface area contributed by atoms with Crippen molar-refractivity contribution in [2.75, 3.05) is 5.73 Å². The summed E-state index contributed by atoms with van der Waals surface area (Å²) >= 11 is 0. The molecule has 0 aliphatic rings. The Morgan fingerprint density at radius 3 is 2.42 bits per heavy atom. The highest BCUT2D eigenvalue weighted by molar-refractivity contribution is 5.86. The van der Waals surface area contributed by atoms with E-state index < -0.39 is 0 Å². The summed E-state index contributed by atoms with van der Waals surface area (Å²) in [4.78, 5) is 0. The molecule has 0 atom stereocenters. The van der Waals surface area contributed by atoms with E-state index in [0.717, 1.165) is 22.4 Å². The largest absolute Gasteiger partial charge is 0.367 e. The molecule has 2 aromatic carbocycles. The van der Waals surface area contributed by atoms with Crippen LogP contribution in [0.4, 0.5) is 5.88 Å². The molecular weight excluding hydrogens is 236 g/mol. The molecule has 3 aromatic rings. The van der Waals surface area contributed by atoms with Gasteiger partial charge in [0.1, 0.15) is 5.69 Å². The van der Waals surface area contributed by atoms with Crippen LogP contribution in [0.25, 0.3) is 22.4 Å². The lowest BCUT2D eigenvalue weighted by atomic mass is 10.00. The fourth-order valence-corrected chi connectivity index (χ4v) is 2.18. The summed E-state index contributed by atoms with van der Waals surface area (Å²) in [5.74, 6) is 0.350. The highest BCUT2D eigenvalue weighted by Gasteiger charge is 2.16. The van der Waals surface area contributed by atoms with Crippen molar-refractivity contribution < 1.29 is 4.52 Å². The van der Waals surface area contributed by atoms with Gasteiger partial charge in [-0.15, -0.1) is 0 Å². The van der Waals surface area contributed by atoms with E-state index in [0.29, 0.717) is 5.88 Å². The highest BCUT2D eigenvalue weighted by Crippen LogP contribution is 2.36. The zero-order valence-electron chi connectivity index (χ0n) is 10.6. The zero-order chi connectivity index (χ0) is 13.2. The Balaban J connectivity index is 2.19. The Kier molecular flexibility index (Phi) is 2.80. The molecule has 3 rings (SSSR count). The van der Waals surface area contributed by atoms with Crippen LogP contribution >= 0.6 is 0 Å². The van der Waals surface area contributed by atoms with E-state index in [4.69, 9.17) is 10.3 Å². The summed E-state index contributed by atoms with van der Waals surface area (Å²) in [6.07, 6.45) is 0. The molecule has 0 fully saturated rings. The third-order valence-electron chi connectivity index (χ3n) is 3.07. The van der Waals surface area contributed by atoms with Crippen LogP contribution in [0.3, 0.4) is 0 Å². The lowest BCUT2D eigenvalue weighted by molar-refractivity contribution is 0.439. The fourth-order valence-electron chi connectivity index (χ4n) is 2.18. The van der Waals surface area contributed by atoms with Gasteiger partial charge < -0.3 is 10.3 Å². The van der Waals surface area contributed by atoms with E-state index in [2.05, 4.69) is 24.2 Å². The van der Waals surface area contributed by atoms with Crippen LogP contribution in [0.2, 0.25) is 0 Å². The number of benzene rings is 2. The van der Waals surface area contributed by atoms with Crippen LogP contribution in [0.5, 0.6) is 0 Å². The number of nitrogens with zero attached hydrogens (tertiary/aromatic N) is 1. The normalized spacial score (nSPS) is 10.6. The molecule has 0 spiro atoms. The summed E-state index contributed by atoms with van der Waals surface area (Å²) < 4.78 is 5.17. The van der Waals surface area contributed by atoms with Gasteiger partial charge in [-0.2, -0.15) is 0 Å². The minimum absolute atomic E-state index is 0.350. The van der Waals surface area contributed by atoms with Crippen LogP contribution in [0, 0.1) is 6.92 Å². The molecular formula is C16H14N2O. The van der Waals surface area contributed by atoms with Gasteiger partial charge in [0.2, 0.25) is 5.88 Å². The Morgan fingerprint density at radius 1 is 0.947 bits per heavy atom. The second-order valence-electron chi connectivity index (χ2n) is 4.51. The van der Waals surface area contributed by atoms with Gasteiger partial charge in [-0.3, -0.25) is 0 Å². The molecule has 19 heavy (non-hydrogen) atoms. The van der Waals surface area contributed by atoms with Gasteiger partial charge in [0.05, 0.1) is 5.56 Å². The summed E-state index contributed by atoms with van der Waals surface area (Å²) in [7, 11) is 0. The average molecular weight is 250 g/mol. The molecule has 2 N–H and O–H groups in total. The van der Waals surface area contributed by atoms with Gasteiger partial charge >= 0.3 is 0 Å². The first kappa shape index (κ1) is 11.5. The molecule has 1 heterocycles. The first-order valence-electron chi connectivity index (χ1n) is 6.13. The molecule has 0 radical (unpaired) electrons. The highest BCUT2D eigenvalue weighted by atomic mass is 16.5. The maximum Gasteiger partial charge on any atom is 0.230 e. The number of aromatic nitrogens is 1. The molecule has 94 valence electrons. The third kappa shape index (κ3) is 2.10. The third-order valence-corrected chi connectivity index (χ3v) is 3.07. The molecule has 0 amide bonds. The van der Waals surface area contributed by atoms with E-state index in [1.807, 2.05) is 42.5 Å². The molecule has 3 heteroatoms. The monoisotopic (exact) mass is 250 g/mol. The second kappa shape index (κ2) is 4.61. The van der Waals surface area contributed by atoms with Crippen LogP contribution in [0.15, 0.2) is 59.1 Å². The molecule has 3 nitrogen and oxygen atoms in total. The standard InChI is InChI=1S/C16H14N2O/c1-11-6-5-9-13(10-11)15-14(16(17)19-18-15)12-7-3-2-4-8-12/h2-10H,17H2,1H3. The van der Waals surface area contributed by atoms with Gasteiger partial charge in [0.25, 0.3) is 0 Å². The minimum Gasteiger partial charge on any atom is -0.367 e. The number of nitrogens with two attached hydrogens (primary N) is 1. The van der Waals surface area contributed by atoms with Crippen LogP contribution in [0.1, 0.15) is 5.56 Å². The summed E-state index contributed by atoms with van der Waals surface area (Å²) in [6, 6.07) is 18.1.